The third kappa shape index (κ3) is 4.85. The van der Waals surface area contributed by atoms with Crippen LogP contribution in [0.1, 0.15) is 25.0 Å². The number of carbonyl (C=O) groups excluding carboxylic acids is 1. The van der Waals surface area contributed by atoms with E-state index in [9.17, 15) is 13.2 Å². The molecule has 6 heteroatoms. The van der Waals surface area contributed by atoms with Gasteiger partial charge in [-0.3, -0.25) is 9.10 Å². The first kappa shape index (κ1) is 16.5. The first-order valence-corrected chi connectivity index (χ1v) is 8.30. The highest BCUT2D eigenvalue weighted by Crippen LogP contribution is 2.21. The molecular formula is C14H22N2O3S. The van der Waals surface area contributed by atoms with Gasteiger partial charge in [-0.2, -0.15) is 0 Å². The zero-order valence-corrected chi connectivity index (χ0v) is 13.4. The van der Waals surface area contributed by atoms with Crippen LogP contribution in [-0.2, 0) is 14.8 Å². The molecule has 0 heterocycles. The zero-order valence-electron chi connectivity index (χ0n) is 12.6. The van der Waals surface area contributed by atoms with E-state index in [2.05, 4.69) is 5.32 Å². The quantitative estimate of drug-likeness (QED) is 0.898. The third-order valence-electron chi connectivity index (χ3n) is 2.63. The van der Waals surface area contributed by atoms with E-state index in [4.69, 9.17) is 0 Å². The maximum Gasteiger partial charge on any atom is 0.240 e. The predicted molar refractivity (Wildman–Crippen MR) is 81.4 cm³/mol. The van der Waals surface area contributed by atoms with Crippen LogP contribution >= 0.6 is 0 Å². The molecular weight excluding hydrogens is 276 g/mol. The first-order valence-electron chi connectivity index (χ1n) is 6.45. The third-order valence-corrected chi connectivity index (χ3v) is 3.77. The van der Waals surface area contributed by atoms with Crippen LogP contribution in [0.4, 0.5) is 5.69 Å². The van der Waals surface area contributed by atoms with E-state index in [-0.39, 0.29) is 18.5 Å². The van der Waals surface area contributed by atoms with E-state index in [1.54, 1.807) is 12.1 Å². The average Bonchev–Trinajstić information content (AvgIpc) is 2.21. The lowest BCUT2D eigenvalue weighted by Gasteiger charge is -2.23. The van der Waals surface area contributed by atoms with Crippen molar-refractivity contribution in [2.45, 2.75) is 33.7 Å². The number of amides is 1. The Balaban J connectivity index is 3.11. The molecule has 1 amide bonds. The Morgan fingerprint density at radius 2 is 1.70 bits per heavy atom. The average molecular weight is 298 g/mol. The van der Waals surface area contributed by atoms with Gasteiger partial charge < -0.3 is 5.32 Å². The van der Waals surface area contributed by atoms with Gasteiger partial charge in [0.25, 0.3) is 0 Å². The van der Waals surface area contributed by atoms with E-state index in [1.165, 1.54) is 0 Å². The maximum atomic E-state index is 11.9. The molecule has 0 aliphatic heterocycles. The van der Waals surface area contributed by atoms with Gasteiger partial charge in [0.05, 0.1) is 11.9 Å². The molecule has 0 unspecified atom stereocenters. The summed E-state index contributed by atoms with van der Waals surface area (Å²) >= 11 is 0. The molecule has 0 fully saturated rings. The molecule has 1 aromatic carbocycles. The summed E-state index contributed by atoms with van der Waals surface area (Å²) in [7, 11) is -3.51. The van der Waals surface area contributed by atoms with Gasteiger partial charge in [-0.15, -0.1) is 0 Å². The van der Waals surface area contributed by atoms with Crippen molar-refractivity contribution in [3.63, 3.8) is 0 Å². The van der Waals surface area contributed by atoms with Gasteiger partial charge >= 0.3 is 0 Å². The van der Waals surface area contributed by atoms with Gasteiger partial charge in [0.2, 0.25) is 15.9 Å². The van der Waals surface area contributed by atoms with Crippen molar-refractivity contribution in [1.29, 1.82) is 0 Å². The monoisotopic (exact) mass is 298 g/mol. The van der Waals surface area contributed by atoms with E-state index < -0.39 is 10.0 Å². The lowest BCUT2D eigenvalue weighted by atomic mass is 10.1. The minimum Gasteiger partial charge on any atom is -0.352 e. The fourth-order valence-electron chi connectivity index (χ4n) is 1.99. The molecule has 112 valence electrons. The molecule has 1 aromatic rings. The van der Waals surface area contributed by atoms with Crippen LogP contribution in [0, 0.1) is 13.8 Å². The van der Waals surface area contributed by atoms with Crippen LogP contribution in [0.2, 0.25) is 0 Å². The van der Waals surface area contributed by atoms with Gasteiger partial charge in [0.15, 0.2) is 0 Å². The molecule has 0 radical (unpaired) electrons. The van der Waals surface area contributed by atoms with E-state index in [0.29, 0.717) is 5.69 Å². The van der Waals surface area contributed by atoms with Gasteiger partial charge in [0.1, 0.15) is 6.54 Å². The van der Waals surface area contributed by atoms with Crippen molar-refractivity contribution in [3.05, 3.63) is 29.3 Å². The summed E-state index contributed by atoms with van der Waals surface area (Å²) in [6, 6.07) is 5.45. The molecule has 0 saturated heterocycles. The molecule has 1 N–H and O–H groups in total. The summed E-state index contributed by atoms with van der Waals surface area (Å²) < 4.78 is 25.0. The number of hydrogen-bond donors (Lipinski definition) is 1. The van der Waals surface area contributed by atoms with Gasteiger partial charge in [-0.05, 0) is 51.0 Å². The Morgan fingerprint density at radius 3 is 2.10 bits per heavy atom. The molecule has 0 aromatic heterocycles. The van der Waals surface area contributed by atoms with Crippen molar-refractivity contribution in [2.75, 3.05) is 17.1 Å². The topological polar surface area (TPSA) is 66.5 Å². The zero-order chi connectivity index (χ0) is 15.5. The molecule has 5 nitrogen and oxygen atoms in total. The number of nitrogens with one attached hydrogen (secondary N) is 1. The van der Waals surface area contributed by atoms with Crippen molar-refractivity contribution in [1.82, 2.24) is 5.32 Å². The van der Waals surface area contributed by atoms with Crippen molar-refractivity contribution in [3.8, 4) is 0 Å². The van der Waals surface area contributed by atoms with Crippen LogP contribution in [-0.4, -0.2) is 33.2 Å². The van der Waals surface area contributed by atoms with Crippen LogP contribution < -0.4 is 9.62 Å². The summed E-state index contributed by atoms with van der Waals surface area (Å²) in [5.41, 5.74) is 2.43. The summed E-state index contributed by atoms with van der Waals surface area (Å²) in [4.78, 5) is 11.8. The minimum absolute atomic E-state index is 0.0249. The Bertz CT molecular complexity index is 574. The number of rotatable bonds is 5. The highest BCUT2D eigenvalue weighted by Gasteiger charge is 2.21. The summed E-state index contributed by atoms with van der Waals surface area (Å²) in [6.07, 6.45) is 1.10. The van der Waals surface area contributed by atoms with Gasteiger partial charge in [-0.25, -0.2) is 8.42 Å². The molecule has 0 aliphatic carbocycles. The Hall–Kier alpha value is -1.56. The molecule has 0 bridgehead atoms. The lowest BCUT2D eigenvalue weighted by molar-refractivity contribution is -0.120. The maximum absolute atomic E-state index is 11.9. The first-order chi connectivity index (χ1) is 9.09. The predicted octanol–water partition coefficient (Wildman–Crippen LogP) is 1.59. The summed E-state index contributed by atoms with van der Waals surface area (Å²) in [6.45, 7) is 7.25. The molecule has 0 spiro atoms. The minimum atomic E-state index is -3.51. The number of anilines is 1. The normalized spacial score (nSPS) is 11.5. The van der Waals surface area contributed by atoms with Crippen LogP contribution in [0.15, 0.2) is 18.2 Å². The second-order valence-corrected chi connectivity index (χ2v) is 7.24. The number of carbonyl (C=O) groups is 1. The smallest absolute Gasteiger partial charge is 0.240 e. The van der Waals surface area contributed by atoms with Gasteiger partial charge in [0, 0.05) is 6.04 Å². The van der Waals surface area contributed by atoms with E-state index in [0.717, 1.165) is 21.7 Å². The highest BCUT2D eigenvalue weighted by atomic mass is 32.2. The van der Waals surface area contributed by atoms with Crippen LogP contribution in [0.25, 0.3) is 0 Å². The van der Waals surface area contributed by atoms with Gasteiger partial charge in [-0.1, -0.05) is 6.07 Å². The largest absolute Gasteiger partial charge is 0.352 e. The molecule has 1 rings (SSSR count). The van der Waals surface area contributed by atoms with Crippen molar-refractivity contribution >= 4 is 21.6 Å². The Kier molecular flexibility index (Phi) is 5.16. The number of hydrogen-bond acceptors (Lipinski definition) is 3. The van der Waals surface area contributed by atoms with Crippen molar-refractivity contribution in [2.24, 2.45) is 0 Å². The summed E-state index contributed by atoms with van der Waals surface area (Å²) in [5, 5.41) is 2.70. The van der Waals surface area contributed by atoms with E-state index >= 15 is 0 Å². The van der Waals surface area contributed by atoms with Crippen molar-refractivity contribution < 1.29 is 13.2 Å². The number of nitrogens with zero attached hydrogens (tertiary/aromatic N) is 1. The fraction of sp³-hybridized carbons (Fsp3) is 0.500. The molecule has 0 saturated carbocycles. The SMILES string of the molecule is Cc1cc(C)cc(N(CC(=O)NC(C)C)S(C)(=O)=O)c1. The molecule has 0 atom stereocenters. The standard InChI is InChI=1S/C14H22N2O3S/c1-10(2)15-14(17)9-16(20(5,18)19)13-7-11(3)6-12(4)8-13/h6-8,10H,9H2,1-5H3,(H,15,17). The fourth-order valence-corrected chi connectivity index (χ4v) is 2.83. The molecule has 20 heavy (non-hydrogen) atoms. The second-order valence-electron chi connectivity index (χ2n) is 5.34. The van der Waals surface area contributed by atoms with E-state index in [1.807, 2.05) is 33.8 Å². The lowest BCUT2D eigenvalue weighted by Crippen LogP contribution is -2.42. The van der Waals surface area contributed by atoms with Crippen LogP contribution in [0.5, 0.6) is 0 Å². The summed E-state index contributed by atoms with van der Waals surface area (Å²) in [5.74, 6) is -0.315. The number of aryl methyl sites for hydroxylation is 2. The second kappa shape index (κ2) is 6.26. The Morgan fingerprint density at radius 1 is 1.20 bits per heavy atom. The Labute approximate surface area is 121 Å². The molecule has 0 aliphatic rings. The van der Waals surface area contributed by atoms with Crippen LogP contribution in [0.3, 0.4) is 0 Å². The number of benzene rings is 1. The number of sulfonamides is 1. The highest BCUT2D eigenvalue weighted by molar-refractivity contribution is 7.92.